The maximum atomic E-state index is 11.8. The Morgan fingerprint density at radius 1 is 1.14 bits per heavy atom. The molecule has 0 saturated heterocycles. The Labute approximate surface area is 163 Å². The van der Waals surface area contributed by atoms with Crippen LogP contribution in [0.3, 0.4) is 0 Å². The third kappa shape index (κ3) is 4.56. The molecular weight excluding hydrogens is 358 g/mol. The first kappa shape index (κ1) is 20.7. The van der Waals surface area contributed by atoms with Crippen molar-refractivity contribution in [1.29, 1.82) is 10.5 Å². The molecule has 0 radical (unpaired) electrons. The largest absolute Gasteiger partial charge is 0.473 e. The number of nitrogens with zero attached hydrogens (tertiary/aromatic N) is 3. The Hall–Kier alpha value is -3.62. The molecule has 0 aliphatic carbocycles. The van der Waals surface area contributed by atoms with Crippen LogP contribution in [0.4, 0.5) is 5.82 Å². The van der Waals surface area contributed by atoms with Crippen molar-refractivity contribution >= 4 is 11.8 Å². The Morgan fingerprint density at radius 2 is 1.79 bits per heavy atom. The van der Waals surface area contributed by atoms with Gasteiger partial charge in [-0.05, 0) is 11.5 Å². The van der Waals surface area contributed by atoms with Crippen LogP contribution in [0.15, 0.2) is 30.3 Å². The average Bonchev–Trinajstić information content (AvgIpc) is 2.70. The van der Waals surface area contributed by atoms with Crippen molar-refractivity contribution in [3.8, 4) is 29.1 Å². The van der Waals surface area contributed by atoms with Gasteiger partial charge in [-0.3, -0.25) is 4.79 Å². The molecule has 2 aromatic rings. The zero-order valence-electron chi connectivity index (χ0n) is 15.7. The van der Waals surface area contributed by atoms with Gasteiger partial charge >= 0.3 is 5.97 Å². The second-order valence-corrected chi connectivity index (χ2v) is 6.30. The van der Waals surface area contributed by atoms with Gasteiger partial charge in [0.15, 0.2) is 0 Å². The van der Waals surface area contributed by atoms with E-state index in [4.69, 9.17) is 20.9 Å². The second-order valence-electron chi connectivity index (χ2n) is 6.30. The van der Waals surface area contributed by atoms with E-state index in [0.29, 0.717) is 11.1 Å². The molecule has 28 heavy (non-hydrogen) atoms. The summed E-state index contributed by atoms with van der Waals surface area (Å²) in [7, 11) is 0. The molecule has 0 bridgehead atoms. The average molecular weight is 379 g/mol. The predicted octanol–water partition coefficient (Wildman–Crippen LogP) is 1.98. The van der Waals surface area contributed by atoms with Crippen molar-refractivity contribution < 1.29 is 14.3 Å². The standard InChI is InChI=1S/C20H21N5O3/c1-12(2)17(23)20(26)28-9-8-27-19-15(11-22)16(13-6-4-3-5-7-13)14(10-21)18(24)25-19/h3-7,12,17H,8-9,23H2,1-2H3,(H2,24,25). The normalized spacial score (nSPS) is 11.4. The smallest absolute Gasteiger partial charge is 0.323 e. The number of nitriles is 2. The highest BCUT2D eigenvalue weighted by molar-refractivity contribution is 5.82. The fourth-order valence-electron chi connectivity index (χ4n) is 2.45. The maximum Gasteiger partial charge on any atom is 0.323 e. The number of benzene rings is 1. The van der Waals surface area contributed by atoms with Crippen LogP contribution in [0.25, 0.3) is 11.1 Å². The monoisotopic (exact) mass is 379 g/mol. The van der Waals surface area contributed by atoms with E-state index in [1.807, 2.05) is 32.1 Å². The van der Waals surface area contributed by atoms with Gasteiger partial charge in [0.1, 0.15) is 48.3 Å². The molecule has 1 aromatic heterocycles. The number of nitrogen functional groups attached to an aromatic ring is 1. The first-order chi connectivity index (χ1) is 13.4. The van der Waals surface area contributed by atoms with E-state index in [2.05, 4.69) is 4.98 Å². The van der Waals surface area contributed by atoms with Crippen molar-refractivity contribution in [1.82, 2.24) is 4.98 Å². The van der Waals surface area contributed by atoms with E-state index >= 15 is 0 Å². The Kier molecular flexibility index (Phi) is 6.91. The van der Waals surface area contributed by atoms with Crippen LogP contribution in [0, 0.1) is 28.6 Å². The molecule has 1 heterocycles. The summed E-state index contributed by atoms with van der Waals surface area (Å²) in [5, 5.41) is 19.1. The van der Waals surface area contributed by atoms with Gasteiger partial charge in [-0.15, -0.1) is 0 Å². The van der Waals surface area contributed by atoms with Gasteiger partial charge < -0.3 is 20.9 Å². The molecule has 0 saturated carbocycles. The number of hydrogen-bond acceptors (Lipinski definition) is 8. The van der Waals surface area contributed by atoms with Crippen LogP contribution < -0.4 is 16.2 Å². The SMILES string of the molecule is CC(C)C(N)C(=O)OCCOc1nc(N)c(C#N)c(-c2ccccc2)c1C#N. The fourth-order valence-corrected chi connectivity index (χ4v) is 2.45. The lowest BCUT2D eigenvalue weighted by Crippen LogP contribution is -2.37. The molecule has 4 N–H and O–H groups in total. The minimum Gasteiger partial charge on any atom is -0.473 e. The van der Waals surface area contributed by atoms with E-state index in [9.17, 15) is 15.3 Å². The van der Waals surface area contributed by atoms with Gasteiger partial charge in [-0.25, -0.2) is 0 Å². The van der Waals surface area contributed by atoms with Crippen molar-refractivity contribution in [3.05, 3.63) is 41.5 Å². The highest BCUT2D eigenvalue weighted by Gasteiger charge is 2.22. The van der Waals surface area contributed by atoms with Crippen LogP contribution in [0.1, 0.15) is 25.0 Å². The van der Waals surface area contributed by atoms with Gasteiger partial charge in [-0.1, -0.05) is 44.2 Å². The summed E-state index contributed by atoms with van der Waals surface area (Å²) in [5.74, 6) is -0.653. The molecule has 0 aliphatic rings. The molecule has 8 heteroatoms. The highest BCUT2D eigenvalue weighted by atomic mass is 16.6. The van der Waals surface area contributed by atoms with Crippen molar-refractivity contribution in [2.24, 2.45) is 11.7 Å². The molecule has 0 aliphatic heterocycles. The fraction of sp³-hybridized carbons (Fsp3) is 0.300. The van der Waals surface area contributed by atoms with Crippen molar-refractivity contribution in [3.63, 3.8) is 0 Å². The lowest BCUT2D eigenvalue weighted by molar-refractivity contribution is -0.147. The van der Waals surface area contributed by atoms with Crippen LogP contribution in [-0.4, -0.2) is 30.2 Å². The van der Waals surface area contributed by atoms with Gasteiger partial charge in [-0.2, -0.15) is 15.5 Å². The third-order valence-corrected chi connectivity index (χ3v) is 4.03. The summed E-state index contributed by atoms with van der Waals surface area (Å²) in [6, 6.07) is 12.2. The summed E-state index contributed by atoms with van der Waals surface area (Å²) in [6.07, 6.45) is 0. The molecule has 1 aromatic carbocycles. The van der Waals surface area contributed by atoms with Gasteiger partial charge in [0.2, 0.25) is 5.88 Å². The molecule has 1 unspecified atom stereocenters. The van der Waals surface area contributed by atoms with Gasteiger partial charge in [0.05, 0.1) is 0 Å². The minimum atomic E-state index is -0.719. The van der Waals surface area contributed by atoms with E-state index in [1.54, 1.807) is 24.3 Å². The molecular formula is C20H21N5O3. The molecule has 0 amide bonds. The van der Waals surface area contributed by atoms with Crippen molar-refractivity contribution in [2.75, 3.05) is 18.9 Å². The maximum absolute atomic E-state index is 11.8. The number of ether oxygens (including phenoxy) is 2. The number of anilines is 1. The topological polar surface area (TPSA) is 148 Å². The summed E-state index contributed by atoms with van der Waals surface area (Å²) < 4.78 is 10.6. The minimum absolute atomic E-state index is 0.0259. The van der Waals surface area contributed by atoms with E-state index < -0.39 is 12.0 Å². The summed E-state index contributed by atoms with van der Waals surface area (Å²) >= 11 is 0. The van der Waals surface area contributed by atoms with E-state index in [-0.39, 0.29) is 42.0 Å². The number of rotatable bonds is 7. The number of nitrogens with two attached hydrogens (primary N) is 2. The van der Waals surface area contributed by atoms with Crippen LogP contribution in [-0.2, 0) is 9.53 Å². The third-order valence-electron chi connectivity index (χ3n) is 4.03. The van der Waals surface area contributed by atoms with Gasteiger partial charge in [0, 0.05) is 5.56 Å². The quantitative estimate of drug-likeness (QED) is 0.548. The van der Waals surface area contributed by atoms with Crippen LogP contribution >= 0.6 is 0 Å². The zero-order valence-corrected chi connectivity index (χ0v) is 15.7. The molecule has 2 rings (SSSR count). The van der Waals surface area contributed by atoms with E-state index in [1.165, 1.54) is 0 Å². The number of aromatic nitrogens is 1. The first-order valence-electron chi connectivity index (χ1n) is 8.64. The number of carbonyl (C=O) groups excluding carboxylic acids is 1. The molecule has 8 nitrogen and oxygen atoms in total. The highest BCUT2D eigenvalue weighted by Crippen LogP contribution is 2.34. The first-order valence-corrected chi connectivity index (χ1v) is 8.64. The van der Waals surface area contributed by atoms with Crippen LogP contribution in [0.5, 0.6) is 5.88 Å². The Morgan fingerprint density at radius 3 is 2.36 bits per heavy atom. The lowest BCUT2D eigenvalue weighted by atomic mass is 9.96. The molecule has 0 fully saturated rings. The van der Waals surface area contributed by atoms with Crippen LogP contribution in [0.2, 0.25) is 0 Å². The molecule has 144 valence electrons. The number of esters is 1. The van der Waals surface area contributed by atoms with E-state index in [0.717, 1.165) is 0 Å². The summed E-state index contributed by atoms with van der Waals surface area (Å²) in [5.41, 5.74) is 12.8. The Bertz CT molecular complexity index is 930. The summed E-state index contributed by atoms with van der Waals surface area (Å²) in [4.78, 5) is 15.8. The van der Waals surface area contributed by atoms with Gasteiger partial charge in [0.25, 0.3) is 0 Å². The number of carbonyl (C=O) groups is 1. The molecule has 1 atom stereocenters. The number of hydrogen-bond donors (Lipinski definition) is 2. The summed E-state index contributed by atoms with van der Waals surface area (Å²) in [6.45, 7) is 3.52. The zero-order chi connectivity index (χ0) is 20.7. The second kappa shape index (κ2) is 9.36. The predicted molar refractivity (Wildman–Crippen MR) is 103 cm³/mol. The Balaban J connectivity index is 2.25. The number of pyridine rings is 1. The molecule has 0 spiro atoms. The lowest BCUT2D eigenvalue weighted by Gasteiger charge is -2.16. The van der Waals surface area contributed by atoms with Crippen molar-refractivity contribution in [2.45, 2.75) is 19.9 Å².